The number of nitrogen functional groups attached to an aromatic ring is 1. The Labute approximate surface area is 106 Å². The van der Waals surface area contributed by atoms with Crippen molar-refractivity contribution >= 4 is 15.7 Å². The summed E-state index contributed by atoms with van der Waals surface area (Å²) < 4.78 is 39.4. The van der Waals surface area contributed by atoms with Gasteiger partial charge in [0, 0.05) is 6.04 Å². The molecule has 102 valence electrons. The van der Waals surface area contributed by atoms with Crippen LogP contribution in [0.2, 0.25) is 0 Å². The lowest BCUT2D eigenvalue weighted by Crippen LogP contribution is -2.41. The van der Waals surface area contributed by atoms with Crippen molar-refractivity contribution in [2.75, 3.05) is 12.3 Å². The van der Waals surface area contributed by atoms with Gasteiger partial charge in [0.25, 0.3) is 0 Å². The topological polar surface area (TPSA) is 92.4 Å². The van der Waals surface area contributed by atoms with Gasteiger partial charge in [0.1, 0.15) is 5.82 Å². The number of halogens is 1. The highest BCUT2D eigenvalue weighted by Gasteiger charge is 2.22. The summed E-state index contributed by atoms with van der Waals surface area (Å²) >= 11 is 0. The van der Waals surface area contributed by atoms with E-state index in [-0.39, 0.29) is 23.1 Å². The molecular formula is C11H17FN2O3S. The van der Waals surface area contributed by atoms with Crippen molar-refractivity contribution in [2.45, 2.75) is 24.8 Å². The summed E-state index contributed by atoms with van der Waals surface area (Å²) in [4.78, 5) is -0.215. The first-order valence-corrected chi connectivity index (χ1v) is 6.94. The summed E-state index contributed by atoms with van der Waals surface area (Å²) in [6, 6.07) is 2.64. The zero-order valence-electron chi connectivity index (χ0n) is 10.2. The number of nitrogens with two attached hydrogens (primary N) is 1. The van der Waals surface area contributed by atoms with Crippen molar-refractivity contribution in [2.24, 2.45) is 5.92 Å². The first-order chi connectivity index (χ1) is 8.27. The van der Waals surface area contributed by atoms with Gasteiger partial charge in [-0.15, -0.1) is 0 Å². The molecule has 1 aromatic rings. The van der Waals surface area contributed by atoms with E-state index in [0.29, 0.717) is 0 Å². The minimum absolute atomic E-state index is 0.0802. The minimum Gasteiger partial charge on any atom is -0.396 e. The van der Waals surface area contributed by atoms with E-state index >= 15 is 0 Å². The van der Waals surface area contributed by atoms with E-state index in [1.54, 1.807) is 13.8 Å². The number of aliphatic hydroxyl groups excluding tert-OH is 1. The number of rotatable bonds is 5. The maximum atomic E-state index is 13.2. The fourth-order valence-corrected chi connectivity index (χ4v) is 2.71. The number of anilines is 1. The second-order valence-electron chi connectivity index (χ2n) is 4.34. The van der Waals surface area contributed by atoms with Gasteiger partial charge >= 0.3 is 0 Å². The first kappa shape index (κ1) is 14.9. The minimum atomic E-state index is -3.86. The highest BCUT2D eigenvalue weighted by molar-refractivity contribution is 7.89. The molecule has 0 fully saturated rings. The molecule has 1 aromatic carbocycles. The van der Waals surface area contributed by atoms with Crippen LogP contribution in [0.1, 0.15) is 13.8 Å². The number of nitrogens with one attached hydrogen (secondary N) is 1. The summed E-state index contributed by atoms with van der Waals surface area (Å²) in [7, 11) is -3.86. The van der Waals surface area contributed by atoms with E-state index in [2.05, 4.69) is 4.72 Å². The number of benzene rings is 1. The van der Waals surface area contributed by atoms with Crippen LogP contribution in [0.15, 0.2) is 23.1 Å². The molecule has 0 aliphatic rings. The lowest BCUT2D eigenvalue weighted by molar-refractivity contribution is 0.227. The third-order valence-corrected chi connectivity index (χ3v) is 4.08. The molecule has 7 heteroatoms. The SMILES string of the molecule is CC(C)[C@@H](CO)NS(=O)(=O)c1ccc(N)c(F)c1. The lowest BCUT2D eigenvalue weighted by atomic mass is 10.1. The third-order valence-electron chi connectivity index (χ3n) is 2.59. The second kappa shape index (κ2) is 5.64. The van der Waals surface area contributed by atoms with Gasteiger partial charge < -0.3 is 10.8 Å². The molecule has 0 aliphatic carbocycles. The van der Waals surface area contributed by atoms with Crippen molar-refractivity contribution in [1.29, 1.82) is 0 Å². The molecule has 18 heavy (non-hydrogen) atoms. The molecule has 0 amide bonds. The molecule has 0 aromatic heterocycles. The molecule has 0 unspecified atom stereocenters. The van der Waals surface area contributed by atoms with Gasteiger partial charge in [0.05, 0.1) is 17.2 Å². The van der Waals surface area contributed by atoms with Crippen molar-refractivity contribution in [3.8, 4) is 0 Å². The van der Waals surface area contributed by atoms with Crippen LogP contribution in [0, 0.1) is 11.7 Å². The van der Waals surface area contributed by atoms with Crippen molar-refractivity contribution in [3.63, 3.8) is 0 Å². The van der Waals surface area contributed by atoms with Gasteiger partial charge in [-0.25, -0.2) is 17.5 Å². The number of hydrogen-bond donors (Lipinski definition) is 3. The smallest absolute Gasteiger partial charge is 0.241 e. The summed E-state index contributed by atoms with van der Waals surface area (Å²) in [6.07, 6.45) is 0. The zero-order chi connectivity index (χ0) is 13.9. The van der Waals surface area contributed by atoms with Crippen LogP contribution in [0.3, 0.4) is 0 Å². The average molecular weight is 276 g/mol. The molecule has 5 nitrogen and oxygen atoms in total. The molecule has 0 saturated heterocycles. The van der Waals surface area contributed by atoms with Crippen LogP contribution in [0.25, 0.3) is 0 Å². The van der Waals surface area contributed by atoms with E-state index < -0.39 is 21.9 Å². The maximum absolute atomic E-state index is 13.2. The van der Waals surface area contributed by atoms with Gasteiger partial charge in [-0.1, -0.05) is 13.8 Å². The molecule has 0 radical (unpaired) electrons. The van der Waals surface area contributed by atoms with Crippen LogP contribution in [-0.2, 0) is 10.0 Å². The Kier molecular flexibility index (Phi) is 4.66. The monoisotopic (exact) mass is 276 g/mol. The third kappa shape index (κ3) is 3.41. The normalized spacial score (nSPS) is 13.8. The Morgan fingerprint density at radius 1 is 1.44 bits per heavy atom. The first-order valence-electron chi connectivity index (χ1n) is 5.46. The van der Waals surface area contributed by atoms with Crippen molar-refractivity contribution < 1.29 is 17.9 Å². The summed E-state index contributed by atoms with van der Waals surface area (Å²) in [5.74, 6) is -0.869. The molecule has 1 atom stereocenters. The largest absolute Gasteiger partial charge is 0.396 e. The molecule has 0 aliphatic heterocycles. The predicted molar refractivity (Wildman–Crippen MR) is 66.8 cm³/mol. The van der Waals surface area contributed by atoms with Crippen molar-refractivity contribution in [3.05, 3.63) is 24.0 Å². The number of hydrogen-bond acceptors (Lipinski definition) is 4. The zero-order valence-corrected chi connectivity index (χ0v) is 11.0. The molecular weight excluding hydrogens is 259 g/mol. The van der Waals surface area contributed by atoms with Crippen LogP contribution >= 0.6 is 0 Å². The van der Waals surface area contributed by atoms with Crippen LogP contribution in [0.4, 0.5) is 10.1 Å². The second-order valence-corrected chi connectivity index (χ2v) is 6.05. The maximum Gasteiger partial charge on any atom is 0.241 e. The standard InChI is InChI=1S/C11H17FN2O3S/c1-7(2)11(6-15)14-18(16,17)8-3-4-10(13)9(12)5-8/h3-5,7,11,14-15H,6,13H2,1-2H3/t11-/m1/s1. The van der Waals surface area contributed by atoms with Crippen LogP contribution in [0.5, 0.6) is 0 Å². The van der Waals surface area contributed by atoms with Crippen molar-refractivity contribution in [1.82, 2.24) is 4.72 Å². The van der Waals surface area contributed by atoms with E-state index in [1.165, 1.54) is 12.1 Å². The highest BCUT2D eigenvalue weighted by Crippen LogP contribution is 2.17. The Bertz CT molecular complexity index is 517. The fraction of sp³-hybridized carbons (Fsp3) is 0.455. The van der Waals surface area contributed by atoms with Gasteiger partial charge in [-0.2, -0.15) is 0 Å². The highest BCUT2D eigenvalue weighted by atomic mass is 32.2. The summed E-state index contributed by atoms with van der Waals surface area (Å²) in [5.41, 5.74) is 5.16. The summed E-state index contributed by atoms with van der Waals surface area (Å²) in [5, 5.41) is 9.08. The van der Waals surface area contributed by atoms with Gasteiger partial charge in [0.15, 0.2) is 0 Å². The van der Waals surface area contributed by atoms with E-state index in [9.17, 15) is 12.8 Å². The number of sulfonamides is 1. The molecule has 0 spiro atoms. The molecule has 4 N–H and O–H groups in total. The molecule has 0 heterocycles. The van der Waals surface area contributed by atoms with E-state index in [0.717, 1.165) is 6.07 Å². The van der Waals surface area contributed by atoms with Crippen LogP contribution < -0.4 is 10.5 Å². The average Bonchev–Trinajstić information content (AvgIpc) is 2.29. The Morgan fingerprint density at radius 2 is 2.06 bits per heavy atom. The van der Waals surface area contributed by atoms with Crippen LogP contribution in [-0.4, -0.2) is 26.2 Å². The number of aliphatic hydroxyl groups is 1. The van der Waals surface area contributed by atoms with Gasteiger partial charge in [-0.05, 0) is 24.1 Å². The summed E-state index contributed by atoms with van der Waals surface area (Å²) in [6.45, 7) is 3.22. The van der Waals surface area contributed by atoms with Gasteiger partial charge in [-0.3, -0.25) is 0 Å². The van der Waals surface area contributed by atoms with E-state index in [1.807, 2.05) is 0 Å². The molecule has 1 rings (SSSR count). The lowest BCUT2D eigenvalue weighted by Gasteiger charge is -2.19. The molecule has 0 bridgehead atoms. The van der Waals surface area contributed by atoms with Gasteiger partial charge in [0.2, 0.25) is 10.0 Å². The molecule has 0 saturated carbocycles. The quantitative estimate of drug-likeness (QED) is 0.690. The van der Waals surface area contributed by atoms with E-state index in [4.69, 9.17) is 10.8 Å². The Hall–Kier alpha value is -1.18. The Balaban J connectivity index is 3.02. The Morgan fingerprint density at radius 3 is 2.50 bits per heavy atom. The fourth-order valence-electron chi connectivity index (χ4n) is 1.33. The predicted octanol–water partition coefficient (Wildman–Crippen LogP) is 0.703.